The number of alkyl halides is 1. The molecule has 0 aromatic carbocycles. The normalized spacial score (nSPS) is 29.1. The lowest BCUT2D eigenvalue weighted by molar-refractivity contribution is -0.0403. The summed E-state index contributed by atoms with van der Waals surface area (Å²) in [5.74, 6) is 0. The Balaban J connectivity index is 2.44. The molecule has 1 aliphatic heterocycles. The van der Waals surface area contributed by atoms with E-state index in [2.05, 4.69) is 10.0 Å². The number of halogens is 1. The third kappa shape index (κ3) is 2.31. The van der Waals surface area contributed by atoms with Crippen molar-refractivity contribution in [1.29, 1.82) is 0 Å². The summed E-state index contributed by atoms with van der Waals surface area (Å²) in [6.07, 6.45) is -3.08. The van der Waals surface area contributed by atoms with Crippen LogP contribution in [0.2, 0.25) is 0 Å². The highest BCUT2D eigenvalue weighted by atomic mass is 19.1. The van der Waals surface area contributed by atoms with Gasteiger partial charge in [0, 0.05) is 16.7 Å². The van der Waals surface area contributed by atoms with Crippen molar-refractivity contribution < 1.29 is 14.2 Å². The molecule has 9 nitrogen and oxygen atoms in total. The van der Waals surface area contributed by atoms with Crippen LogP contribution in [-0.2, 0) is 4.74 Å². The Morgan fingerprint density at radius 2 is 2.35 bits per heavy atom. The van der Waals surface area contributed by atoms with Crippen LogP contribution in [0.5, 0.6) is 0 Å². The van der Waals surface area contributed by atoms with Crippen LogP contribution >= 0.6 is 0 Å². The van der Waals surface area contributed by atoms with Crippen LogP contribution < -0.4 is 11.2 Å². The van der Waals surface area contributed by atoms with Gasteiger partial charge in [-0.1, -0.05) is 5.11 Å². The summed E-state index contributed by atoms with van der Waals surface area (Å²) in [6.45, 7) is 0.892. The smallest absolute Gasteiger partial charge is 0.330 e. The lowest BCUT2D eigenvalue weighted by atomic mass is 10.1. The fourth-order valence-electron chi connectivity index (χ4n) is 2.05. The van der Waals surface area contributed by atoms with Crippen molar-refractivity contribution in [3.05, 3.63) is 43.0 Å². The molecule has 0 aliphatic carbocycles. The summed E-state index contributed by atoms with van der Waals surface area (Å²) in [7, 11) is 0. The van der Waals surface area contributed by atoms with Crippen molar-refractivity contribution in [3.63, 3.8) is 0 Å². The zero-order valence-electron chi connectivity index (χ0n) is 10.4. The first kappa shape index (κ1) is 14.3. The third-order valence-electron chi connectivity index (χ3n) is 3.08. The van der Waals surface area contributed by atoms with Gasteiger partial charge in [0.05, 0.1) is 12.7 Å². The molecule has 10 heteroatoms. The van der Waals surface area contributed by atoms with Crippen LogP contribution in [0.3, 0.4) is 0 Å². The number of aliphatic hydroxyl groups excluding tert-OH is 1. The highest BCUT2D eigenvalue weighted by Crippen LogP contribution is 2.32. The molecule has 1 fully saturated rings. The number of hydrogen-bond acceptors (Lipinski definition) is 5. The molecule has 2 heterocycles. The minimum atomic E-state index is -1.81. The van der Waals surface area contributed by atoms with E-state index in [1.165, 1.54) is 6.92 Å². The average molecular weight is 285 g/mol. The monoisotopic (exact) mass is 285 g/mol. The molecule has 2 N–H and O–H groups in total. The number of hydrogen-bond donors (Lipinski definition) is 2. The predicted octanol–water partition coefficient (Wildman–Crippen LogP) is -0.248. The van der Waals surface area contributed by atoms with Crippen LogP contribution in [-0.4, -0.2) is 39.6 Å². The molecular formula is C10H12FN5O4. The van der Waals surface area contributed by atoms with Gasteiger partial charge in [0.25, 0.3) is 5.56 Å². The number of H-pyrrole nitrogens is 1. The molecule has 0 saturated carbocycles. The standard InChI is InChI=1S/C10H12FN5O4/c1-4-2-16(10(19)13-8(4)18)9-6(11)7(14-15-12)5(3-17)20-9/h2,5-7,9,17H,3H2,1H3,(H,13,18,19)/t5-,6+,7-,9-/m1/s1. The van der Waals surface area contributed by atoms with Gasteiger partial charge in [0.15, 0.2) is 12.4 Å². The van der Waals surface area contributed by atoms with E-state index < -0.39 is 42.4 Å². The summed E-state index contributed by atoms with van der Waals surface area (Å²) < 4.78 is 20.3. The van der Waals surface area contributed by atoms with Crippen LogP contribution in [0, 0.1) is 6.92 Å². The molecule has 0 spiro atoms. The zero-order valence-corrected chi connectivity index (χ0v) is 10.4. The Bertz CT molecular complexity index is 664. The molecule has 1 saturated heterocycles. The number of nitrogens with zero attached hydrogens (tertiary/aromatic N) is 4. The van der Waals surface area contributed by atoms with Gasteiger partial charge in [0.2, 0.25) is 0 Å². The van der Waals surface area contributed by atoms with Crippen LogP contribution in [0.1, 0.15) is 11.8 Å². The molecular weight excluding hydrogens is 273 g/mol. The van der Waals surface area contributed by atoms with Gasteiger partial charge in [-0.25, -0.2) is 9.18 Å². The molecule has 0 amide bonds. The topological polar surface area (TPSA) is 133 Å². The highest BCUT2D eigenvalue weighted by molar-refractivity contribution is 5.04. The molecule has 20 heavy (non-hydrogen) atoms. The summed E-state index contributed by atoms with van der Waals surface area (Å²) in [6, 6.07) is -1.24. The fraction of sp³-hybridized carbons (Fsp3) is 0.600. The van der Waals surface area contributed by atoms with Gasteiger partial charge in [-0.3, -0.25) is 14.3 Å². The van der Waals surface area contributed by atoms with E-state index in [1.54, 1.807) is 0 Å². The van der Waals surface area contributed by atoms with E-state index in [1.807, 2.05) is 4.98 Å². The first-order valence-electron chi connectivity index (χ1n) is 5.76. The van der Waals surface area contributed by atoms with E-state index in [-0.39, 0.29) is 5.56 Å². The number of azide groups is 1. The number of aromatic nitrogens is 2. The van der Waals surface area contributed by atoms with Crippen molar-refractivity contribution in [2.45, 2.75) is 31.5 Å². The van der Waals surface area contributed by atoms with Crippen LogP contribution in [0.25, 0.3) is 10.4 Å². The predicted molar refractivity (Wildman–Crippen MR) is 64.9 cm³/mol. The summed E-state index contributed by atoms with van der Waals surface area (Å²) in [5.41, 5.74) is 7.17. The lowest BCUT2D eigenvalue weighted by Gasteiger charge is -2.16. The second-order valence-electron chi connectivity index (χ2n) is 4.37. The second kappa shape index (κ2) is 5.45. The Kier molecular flexibility index (Phi) is 3.89. The van der Waals surface area contributed by atoms with E-state index in [4.69, 9.17) is 15.4 Å². The Labute approximate surface area is 111 Å². The maximum atomic E-state index is 14.2. The quantitative estimate of drug-likeness (QED) is 0.450. The second-order valence-corrected chi connectivity index (χ2v) is 4.37. The molecule has 1 aliphatic rings. The van der Waals surface area contributed by atoms with Gasteiger partial charge in [-0.05, 0) is 12.5 Å². The number of ether oxygens (including phenoxy) is 1. The van der Waals surface area contributed by atoms with Crippen molar-refractivity contribution in [2.24, 2.45) is 5.11 Å². The maximum absolute atomic E-state index is 14.2. The van der Waals surface area contributed by atoms with Gasteiger partial charge in [-0.2, -0.15) is 0 Å². The number of aryl methyl sites for hydroxylation is 1. The summed E-state index contributed by atoms with van der Waals surface area (Å²) in [4.78, 5) is 27.5. The Hall–Kier alpha value is -2.16. The SMILES string of the molecule is Cc1cn([C@@H]2O[C@H](CO)[C@@H](N=[N+]=[N-])[C@@H]2F)c(=O)[nH]c1=O. The molecule has 4 atom stereocenters. The van der Waals surface area contributed by atoms with E-state index in [9.17, 15) is 14.0 Å². The van der Waals surface area contributed by atoms with E-state index in [0.29, 0.717) is 0 Å². The fourth-order valence-corrected chi connectivity index (χ4v) is 2.05. The first-order valence-corrected chi connectivity index (χ1v) is 5.76. The van der Waals surface area contributed by atoms with E-state index in [0.717, 1.165) is 10.8 Å². The van der Waals surface area contributed by atoms with Crippen LogP contribution in [0.4, 0.5) is 4.39 Å². The largest absolute Gasteiger partial charge is 0.394 e. The molecule has 0 unspecified atom stereocenters. The number of rotatable bonds is 3. The average Bonchev–Trinajstić information content (AvgIpc) is 2.72. The first-order chi connectivity index (χ1) is 9.49. The molecule has 1 aromatic heterocycles. The molecule has 1 aromatic rings. The third-order valence-corrected chi connectivity index (χ3v) is 3.08. The van der Waals surface area contributed by atoms with Crippen molar-refractivity contribution in [2.75, 3.05) is 6.61 Å². The van der Waals surface area contributed by atoms with Crippen molar-refractivity contribution in [1.82, 2.24) is 9.55 Å². The van der Waals surface area contributed by atoms with Crippen molar-refractivity contribution >= 4 is 0 Å². The minimum Gasteiger partial charge on any atom is -0.394 e. The molecule has 0 radical (unpaired) electrons. The molecule has 2 rings (SSSR count). The number of aliphatic hydroxyl groups is 1. The lowest BCUT2D eigenvalue weighted by Crippen LogP contribution is -2.36. The van der Waals surface area contributed by atoms with Gasteiger partial charge < -0.3 is 9.84 Å². The number of nitrogens with one attached hydrogen (secondary N) is 1. The van der Waals surface area contributed by atoms with Crippen LogP contribution in [0.15, 0.2) is 20.9 Å². The van der Waals surface area contributed by atoms with Gasteiger partial charge >= 0.3 is 5.69 Å². The van der Waals surface area contributed by atoms with Crippen molar-refractivity contribution in [3.8, 4) is 0 Å². The van der Waals surface area contributed by atoms with Gasteiger partial charge in [0.1, 0.15) is 6.04 Å². The summed E-state index contributed by atoms with van der Waals surface area (Å²) >= 11 is 0. The Morgan fingerprint density at radius 3 is 2.95 bits per heavy atom. The van der Waals surface area contributed by atoms with E-state index >= 15 is 0 Å². The van der Waals surface area contributed by atoms with Gasteiger partial charge in [-0.15, -0.1) is 0 Å². The number of aromatic amines is 1. The summed E-state index contributed by atoms with van der Waals surface area (Å²) in [5, 5.41) is 12.3. The highest BCUT2D eigenvalue weighted by Gasteiger charge is 2.45. The Morgan fingerprint density at radius 1 is 1.65 bits per heavy atom. The maximum Gasteiger partial charge on any atom is 0.330 e. The molecule has 0 bridgehead atoms. The molecule has 108 valence electrons. The zero-order chi connectivity index (χ0) is 14.9. The minimum absolute atomic E-state index is 0.202.